The Bertz CT molecular complexity index is 1350. The molecule has 2 heterocycles. The van der Waals surface area contributed by atoms with Crippen LogP contribution >= 0.6 is 11.8 Å². The van der Waals surface area contributed by atoms with Crippen LogP contribution in [0.2, 0.25) is 0 Å². The van der Waals surface area contributed by atoms with Crippen molar-refractivity contribution in [2.24, 2.45) is 0 Å². The number of thioether (sulfide) groups is 1. The molecule has 0 bridgehead atoms. The lowest BCUT2D eigenvalue weighted by Crippen LogP contribution is -1.97. The first-order valence-corrected chi connectivity index (χ1v) is 10.5. The summed E-state index contributed by atoms with van der Waals surface area (Å²) in [4.78, 5) is 0. The quantitative estimate of drug-likeness (QED) is 0.345. The summed E-state index contributed by atoms with van der Waals surface area (Å²) in [5.74, 6) is 0.864. The van der Waals surface area contributed by atoms with E-state index in [4.69, 9.17) is 0 Å². The van der Waals surface area contributed by atoms with E-state index in [-0.39, 0.29) is 0 Å². The largest absolute Gasteiger partial charge is 0.270 e. The Morgan fingerprint density at radius 3 is 2.54 bits per heavy atom. The summed E-state index contributed by atoms with van der Waals surface area (Å²) >= 11 is 1.75. The van der Waals surface area contributed by atoms with Gasteiger partial charge in [-0.1, -0.05) is 65.9 Å². The van der Waals surface area contributed by atoms with Gasteiger partial charge in [-0.2, -0.15) is 0 Å². The highest BCUT2D eigenvalue weighted by Crippen LogP contribution is 2.31. The van der Waals surface area contributed by atoms with Gasteiger partial charge in [0.05, 0.1) is 5.52 Å². The summed E-state index contributed by atoms with van der Waals surface area (Å²) in [6.07, 6.45) is 0. The third kappa shape index (κ3) is 2.76. The fraction of sp³-hybridized carbons (Fsp3) is 0.167. The molecule has 28 heavy (non-hydrogen) atoms. The number of pyridine rings is 1. The Balaban J connectivity index is 1.63. The number of hydrogen-bond donors (Lipinski definition) is 0. The molecule has 0 fully saturated rings. The van der Waals surface area contributed by atoms with Crippen molar-refractivity contribution in [2.75, 3.05) is 0 Å². The molecule has 4 heteroatoms. The lowest BCUT2D eigenvalue weighted by atomic mass is 10.0. The summed E-state index contributed by atoms with van der Waals surface area (Å²) in [6, 6.07) is 21.7. The molecule has 0 spiro atoms. The topological polar surface area (TPSA) is 30.2 Å². The number of nitrogens with zero attached hydrogens (tertiary/aromatic N) is 3. The molecule has 0 aliphatic rings. The first kappa shape index (κ1) is 17.3. The number of aryl methyl sites for hydroxylation is 3. The standard InChI is InChI=1S/C24H21N3S/c1-15-11-17(3)23-21(12-15)16(2)13-22-25-26-24(27(22)23)28-14-19-9-6-8-18-7-4-5-10-20(18)19/h4-13H,14H2,1-3H3. The van der Waals surface area contributed by atoms with E-state index in [1.54, 1.807) is 11.8 Å². The second kappa shape index (κ2) is 6.64. The molecule has 0 radical (unpaired) electrons. The predicted molar refractivity (Wildman–Crippen MR) is 118 cm³/mol. The van der Waals surface area contributed by atoms with Crippen LogP contribution in [-0.4, -0.2) is 14.6 Å². The molecular weight excluding hydrogens is 362 g/mol. The minimum Gasteiger partial charge on any atom is -0.270 e. The molecule has 0 saturated carbocycles. The van der Waals surface area contributed by atoms with Crippen LogP contribution < -0.4 is 0 Å². The highest BCUT2D eigenvalue weighted by molar-refractivity contribution is 7.98. The zero-order valence-corrected chi connectivity index (χ0v) is 17.0. The second-order valence-corrected chi connectivity index (χ2v) is 8.35. The molecule has 0 N–H and O–H groups in total. The van der Waals surface area contributed by atoms with Gasteiger partial charge in [0.25, 0.3) is 0 Å². The SMILES string of the molecule is Cc1cc(C)c2c(c1)c(C)cc1nnc(SCc3cccc4ccccc34)n12. The molecule has 0 saturated heterocycles. The highest BCUT2D eigenvalue weighted by Gasteiger charge is 2.14. The maximum atomic E-state index is 4.52. The fourth-order valence-corrected chi connectivity index (χ4v) is 5.02. The molecule has 0 aliphatic heterocycles. The second-order valence-electron chi connectivity index (χ2n) is 7.41. The van der Waals surface area contributed by atoms with Crippen LogP contribution in [-0.2, 0) is 5.75 Å². The molecule has 3 aromatic carbocycles. The average molecular weight is 384 g/mol. The Morgan fingerprint density at radius 1 is 0.821 bits per heavy atom. The van der Waals surface area contributed by atoms with Crippen LogP contribution in [0.25, 0.3) is 27.3 Å². The van der Waals surface area contributed by atoms with E-state index in [0.717, 1.165) is 16.6 Å². The maximum absolute atomic E-state index is 4.52. The van der Waals surface area contributed by atoms with Crippen LogP contribution in [0.5, 0.6) is 0 Å². The van der Waals surface area contributed by atoms with Crippen molar-refractivity contribution < 1.29 is 0 Å². The van der Waals surface area contributed by atoms with Gasteiger partial charge in [0.15, 0.2) is 10.8 Å². The van der Waals surface area contributed by atoms with Crippen molar-refractivity contribution in [3.8, 4) is 0 Å². The van der Waals surface area contributed by atoms with E-state index in [1.807, 2.05) is 0 Å². The molecule has 0 unspecified atom stereocenters. The van der Waals surface area contributed by atoms with Gasteiger partial charge >= 0.3 is 0 Å². The molecular formula is C24H21N3S. The number of hydrogen-bond acceptors (Lipinski definition) is 3. The molecule has 5 aromatic rings. The van der Waals surface area contributed by atoms with Gasteiger partial charge in [-0.3, -0.25) is 4.40 Å². The summed E-state index contributed by atoms with van der Waals surface area (Å²) in [5, 5.41) is 13.8. The lowest BCUT2D eigenvalue weighted by molar-refractivity contribution is 0.938. The molecule has 138 valence electrons. The highest BCUT2D eigenvalue weighted by atomic mass is 32.2. The van der Waals surface area contributed by atoms with Gasteiger partial charge in [0.1, 0.15) is 0 Å². The van der Waals surface area contributed by atoms with Crippen LogP contribution in [0.4, 0.5) is 0 Å². The summed E-state index contributed by atoms with van der Waals surface area (Å²) in [5.41, 5.74) is 7.24. The van der Waals surface area contributed by atoms with Crippen molar-refractivity contribution in [3.05, 3.63) is 82.9 Å². The number of aromatic nitrogens is 3. The predicted octanol–water partition coefficient (Wildman–Crippen LogP) is 6.25. The van der Waals surface area contributed by atoms with E-state index in [0.29, 0.717) is 0 Å². The summed E-state index contributed by atoms with van der Waals surface area (Å²) in [7, 11) is 0. The average Bonchev–Trinajstić information content (AvgIpc) is 3.08. The molecule has 0 atom stereocenters. The van der Waals surface area contributed by atoms with E-state index >= 15 is 0 Å². The smallest absolute Gasteiger partial charge is 0.196 e. The normalized spacial score (nSPS) is 11.7. The van der Waals surface area contributed by atoms with E-state index in [9.17, 15) is 0 Å². The minimum absolute atomic E-state index is 0.864. The monoisotopic (exact) mass is 383 g/mol. The Morgan fingerprint density at radius 2 is 1.64 bits per heavy atom. The Labute approximate surface area is 168 Å². The van der Waals surface area contributed by atoms with E-state index in [1.165, 1.54) is 43.9 Å². The van der Waals surface area contributed by atoms with Crippen LogP contribution in [0.15, 0.2) is 65.8 Å². The van der Waals surface area contributed by atoms with Gasteiger partial charge in [0.2, 0.25) is 0 Å². The van der Waals surface area contributed by atoms with Crippen molar-refractivity contribution in [2.45, 2.75) is 31.7 Å². The molecule has 5 rings (SSSR count). The van der Waals surface area contributed by atoms with Gasteiger partial charge in [-0.15, -0.1) is 10.2 Å². The molecule has 2 aromatic heterocycles. The first-order chi connectivity index (χ1) is 13.6. The maximum Gasteiger partial charge on any atom is 0.196 e. The Kier molecular flexibility index (Phi) is 4.09. The summed E-state index contributed by atoms with van der Waals surface area (Å²) < 4.78 is 2.22. The van der Waals surface area contributed by atoms with Crippen molar-refractivity contribution in [3.63, 3.8) is 0 Å². The van der Waals surface area contributed by atoms with Crippen molar-refractivity contribution in [1.82, 2.24) is 14.6 Å². The molecule has 3 nitrogen and oxygen atoms in total. The van der Waals surface area contributed by atoms with Crippen LogP contribution in [0.3, 0.4) is 0 Å². The number of rotatable bonds is 3. The zero-order valence-electron chi connectivity index (χ0n) is 16.2. The fourth-order valence-electron chi connectivity index (χ4n) is 4.07. The zero-order chi connectivity index (χ0) is 19.3. The van der Waals surface area contributed by atoms with Crippen LogP contribution in [0.1, 0.15) is 22.3 Å². The van der Waals surface area contributed by atoms with E-state index in [2.05, 4.69) is 96.0 Å². The molecule has 0 aliphatic carbocycles. The number of fused-ring (bicyclic) bond motifs is 4. The minimum atomic E-state index is 0.864. The third-order valence-electron chi connectivity index (χ3n) is 5.33. The van der Waals surface area contributed by atoms with Crippen molar-refractivity contribution in [1.29, 1.82) is 0 Å². The lowest BCUT2D eigenvalue weighted by Gasteiger charge is -2.12. The van der Waals surface area contributed by atoms with E-state index < -0.39 is 0 Å². The van der Waals surface area contributed by atoms with Gasteiger partial charge in [0, 0.05) is 11.1 Å². The summed E-state index contributed by atoms with van der Waals surface area (Å²) in [6.45, 7) is 6.48. The van der Waals surface area contributed by atoms with Gasteiger partial charge < -0.3 is 0 Å². The third-order valence-corrected chi connectivity index (χ3v) is 6.31. The van der Waals surface area contributed by atoms with Gasteiger partial charge in [-0.05, 0) is 60.4 Å². The Hall–Kier alpha value is -2.85. The molecule has 0 amide bonds. The van der Waals surface area contributed by atoms with Crippen LogP contribution in [0, 0.1) is 20.8 Å². The number of benzene rings is 3. The van der Waals surface area contributed by atoms with Gasteiger partial charge in [-0.25, -0.2) is 0 Å². The first-order valence-electron chi connectivity index (χ1n) is 9.47. The van der Waals surface area contributed by atoms with Crippen molar-refractivity contribution >= 4 is 39.1 Å².